The number of alkyl halides is 5. The van der Waals surface area contributed by atoms with Gasteiger partial charge < -0.3 is 10.2 Å². The fourth-order valence-electron chi connectivity index (χ4n) is 0.127. The van der Waals surface area contributed by atoms with Crippen LogP contribution in [0.5, 0.6) is 0 Å². The number of aliphatic hydroxyl groups is 2. The molecule has 7 heteroatoms. The zero-order valence-corrected chi connectivity index (χ0v) is 4.28. The van der Waals surface area contributed by atoms with Crippen LogP contribution in [0.25, 0.3) is 0 Å². The van der Waals surface area contributed by atoms with Gasteiger partial charge in [0.1, 0.15) is 0 Å². The summed E-state index contributed by atoms with van der Waals surface area (Å²) < 4.78 is 55.8. The van der Waals surface area contributed by atoms with E-state index in [4.69, 9.17) is 10.2 Å². The molecule has 10 heavy (non-hydrogen) atoms. The minimum atomic E-state index is -5.95. The van der Waals surface area contributed by atoms with E-state index in [0.717, 1.165) is 0 Å². The Bertz CT molecular complexity index is 117. The van der Waals surface area contributed by atoms with Crippen molar-refractivity contribution in [1.29, 1.82) is 0 Å². The lowest BCUT2D eigenvalue weighted by Gasteiger charge is -2.18. The molecule has 0 atom stereocenters. The molecule has 0 fully saturated rings. The maximum Gasteiger partial charge on any atom is 0.459 e. The van der Waals surface area contributed by atoms with Gasteiger partial charge >= 0.3 is 18.4 Å². The van der Waals surface area contributed by atoms with Crippen molar-refractivity contribution >= 4 is 0 Å². The molecule has 0 aromatic rings. The first-order valence-corrected chi connectivity index (χ1v) is 1.89. The first-order chi connectivity index (χ1) is 4.19. The van der Waals surface area contributed by atoms with E-state index in [1.54, 1.807) is 0 Å². The third-order valence-electron chi connectivity index (χ3n) is 0.637. The summed E-state index contributed by atoms with van der Waals surface area (Å²) in [6.45, 7) is 0. The molecule has 0 amide bonds. The molecule has 2 N–H and O–H groups in total. The average molecular weight is 165 g/mol. The Balaban J connectivity index is 4.40. The Morgan fingerprint density at radius 1 is 0.900 bits per heavy atom. The summed E-state index contributed by atoms with van der Waals surface area (Å²) in [5.74, 6) is -5.53. The predicted molar refractivity (Wildman–Crippen MR) is 18.1 cm³/mol. The van der Waals surface area contributed by atoms with Crippen LogP contribution in [-0.4, -0.2) is 22.3 Å². The van der Waals surface area contributed by atoms with Gasteiger partial charge in [0.15, 0.2) is 0 Å². The number of aliphatic hydroxyl groups excluding tert-OH is 1. The van der Waals surface area contributed by atoms with E-state index in [9.17, 15) is 22.0 Å². The number of hydrogen-bond donors (Lipinski definition) is 2. The molecular formula is C3H2F5O2. The zero-order chi connectivity index (χ0) is 8.58. The summed E-state index contributed by atoms with van der Waals surface area (Å²) in [5.41, 5.74) is 0. The Hall–Kier alpha value is -0.430. The molecule has 0 rings (SSSR count). The molecule has 0 aliphatic carbocycles. The van der Waals surface area contributed by atoms with Crippen molar-refractivity contribution in [3.8, 4) is 0 Å². The van der Waals surface area contributed by atoms with E-state index in [2.05, 4.69) is 0 Å². The minimum absolute atomic E-state index is 2.94. The number of hydrogen-bond acceptors (Lipinski definition) is 2. The molecule has 0 aromatic heterocycles. The van der Waals surface area contributed by atoms with Crippen molar-refractivity contribution in [2.75, 3.05) is 0 Å². The maximum absolute atomic E-state index is 11.4. The molecule has 0 aliphatic rings. The third kappa shape index (κ3) is 1.54. The number of rotatable bonds is 1. The van der Waals surface area contributed by atoms with Crippen molar-refractivity contribution < 1.29 is 32.2 Å². The average Bonchev–Trinajstić information content (AvgIpc) is 1.62. The van der Waals surface area contributed by atoms with Crippen LogP contribution in [0.2, 0.25) is 0 Å². The molecule has 0 saturated heterocycles. The summed E-state index contributed by atoms with van der Waals surface area (Å²) in [5, 5.41) is 14.8. The molecule has 0 aromatic carbocycles. The molecule has 61 valence electrons. The molecular weight excluding hydrogens is 163 g/mol. The van der Waals surface area contributed by atoms with Gasteiger partial charge in [0, 0.05) is 0 Å². The van der Waals surface area contributed by atoms with Gasteiger partial charge in [0.2, 0.25) is 0 Å². The quantitative estimate of drug-likeness (QED) is 0.576. The largest absolute Gasteiger partial charge is 0.459 e. The van der Waals surface area contributed by atoms with E-state index in [1.165, 1.54) is 0 Å². The van der Waals surface area contributed by atoms with Gasteiger partial charge in [0.05, 0.1) is 0 Å². The van der Waals surface area contributed by atoms with Crippen LogP contribution in [-0.2, 0) is 0 Å². The first kappa shape index (κ1) is 9.57. The van der Waals surface area contributed by atoms with Gasteiger partial charge in [-0.15, -0.1) is 0 Å². The second kappa shape index (κ2) is 2.31. The molecule has 0 saturated carbocycles. The summed E-state index contributed by atoms with van der Waals surface area (Å²) in [7, 11) is 0. The topological polar surface area (TPSA) is 40.5 Å². The van der Waals surface area contributed by atoms with Crippen LogP contribution in [0.3, 0.4) is 0 Å². The Labute approximate surface area is 51.9 Å². The zero-order valence-electron chi connectivity index (χ0n) is 4.28. The highest BCUT2D eigenvalue weighted by molar-refractivity contribution is 4.88. The van der Waals surface area contributed by atoms with Crippen LogP contribution >= 0.6 is 0 Å². The van der Waals surface area contributed by atoms with Crippen LogP contribution in [0.15, 0.2) is 0 Å². The highest BCUT2D eigenvalue weighted by Crippen LogP contribution is 2.39. The maximum atomic E-state index is 11.4. The van der Waals surface area contributed by atoms with Crippen LogP contribution in [0.1, 0.15) is 0 Å². The fourth-order valence-corrected chi connectivity index (χ4v) is 0.127. The van der Waals surface area contributed by atoms with Crippen LogP contribution in [0, 0.1) is 6.29 Å². The van der Waals surface area contributed by atoms with Gasteiger partial charge in [-0.2, -0.15) is 22.0 Å². The molecule has 1 radical (unpaired) electrons. The predicted octanol–water partition coefficient (Wildman–Crippen LogP) is 1.42. The number of halogens is 5. The molecule has 0 aliphatic heterocycles. The first-order valence-electron chi connectivity index (χ1n) is 1.89. The van der Waals surface area contributed by atoms with E-state index in [1.807, 2.05) is 0 Å². The summed E-state index contributed by atoms with van der Waals surface area (Å²) >= 11 is 0. The van der Waals surface area contributed by atoms with Gasteiger partial charge in [0.25, 0.3) is 0 Å². The Kier molecular flexibility index (Phi) is 2.21. The van der Waals surface area contributed by atoms with E-state index in [-0.39, 0.29) is 0 Å². The molecule has 0 spiro atoms. The lowest BCUT2D eigenvalue weighted by Crippen LogP contribution is -2.42. The van der Waals surface area contributed by atoms with Crippen molar-refractivity contribution in [3.63, 3.8) is 0 Å². The standard InChI is InChI=1S/C3H2F5O2/c4-2(5,1(9)10)3(6,7)8/h9-10H. The van der Waals surface area contributed by atoms with Crippen molar-refractivity contribution in [2.24, 2.45) is 0 Å². The summed E-state index contributed by atoms with van der Waals surface area (Å²) in [4.78, 5) is 0. The highest BCUT2D eigenvalue weighted by Gasteiger charge is 2.63. The van der Waals surface area contributed by atoms with Crippen LogP contribution in [0.4, 0.5) is 22.0 Å². The van der Waals surface area contributed by atoms with E-state index in [0.29, 0.717) is 0 Å². The monoisotopic (exact) mass is 165 g/mol. The SMILES string of the molecule is O[C](O)C(F)(F)C(F)(F)F. The van der Waals surface area contributed by atoms with Gasteiger partial charge in [-0.25, -0.2) is 0 Å². The van der Waals surface area contributed by atoms with Gasteiger partial charge in [-0.3, -0.25) is 0 Å². The lowest BCUT2D eigenvalue weighted by atomic mass is 10.3. The normalized spacial score (nSPS) is 14.4. The molecule has 2 nitrogen and oxygen atoms in total. The third-order valence-corrected chi connectivity index (χ3v) is 0.637. The molecule has 0 bridgehead atoms. The highest BCUT2D eigenvalue weighted by atomic mass is 19.4. The van der Waals surface area contributed by atoms with Crippen molar-refractivity contribution in [1.82, 2.24) is 0 Å². The second-order valence-electron chi connectivity index (χ2n) is 1.40. The smallest absolute Gasteiger partial charge is 0.356 e. The van der Waals surface area contributed by atoms with Gasteiger partial charge in [-0.1, -0.05) is 0 Å². The summed E-state index contributed by atoms with van der Waals surface area (Å²) in [6, 6.07) is 0. The van der Waals surface area contributed by atoms with Crippen LogP contribution < -0.4 is 0 Å². The van der Waals surface area contributed by atoms with Crippen molar-refractivity contribution in [3.05, 3.63) is 6.29 Å². The second-order valence-corrected chi connectivity index (χ2v) is 1.40. The molecule has 0 unspecified atom stereocenters. The fraction of sp³-hybridized carbons (Fsp3) is 0.667. The van der Waals surface area contributed by atoms with E-state index < -0.39 is 18.4 Å². The molecule has 0 heterocycles. The van der Waals surface area contributed by atoms with E-state index >= 15 is 0 Å². The minimum Gasteiger partial charge on any atom is -0.356 e. The Morgan fingerprint density at radius 2 is 1.20 bits per heavy atom. The lowest BCUT2D eigenvalue weighted by molar-refractivity contribution is -0.310. The van der Waals surface area contributed by atoms with Gasteiger partial charge in [-0.05, 0) is 0 Å². The summed E-state index contributed by atoms with van der Waals surface area (Å²) in [6.07, 6.45) is -8.90. The van der Waals surface area contributed by atoms with Crippen molar-refractivity contribution in [2.45, 2.75) is 12.1 Å². The Morgan fingerprint density at radius 3 is 1.20 bits per heavy atom.